The molecular formula is C14H13NO3. The van der Waals surface area contributed by atoms with Gasteiger partial charge in [0.2, 0.25) is 0 Å². The van der Waals surface area contributed by atoms with E-state index in [0.717, 1.165) is 5.56 Å². The summed E-state index contributed by atoms with van der Waals surface area (Å²) in [6.45, 7) is 1.73. The van der Waals surface area contributed by atoms with Crippen molar-refractivity contribution in [3.63, 3.8) is 0 Å². The lowest BCUT2D eigenvalue weighted by Gasteiger charge is -2.07. The van der Waals surface area contributed by atoms with Crippen molar-refractivity contribution >= 4 is 5.97 Å². The predicted octanol–water partition coefficient (Wildman–Crippen LogP) is 2.55. The number of methoxy groups -OCH3 is 1. The van der Waals surface area contributed by atoms with E-state index in [2.05, 4.69) is 9.72 Å². The molecule has 0 aliphatic rings. The molecule has 18 heavy (non-hydrogen) atoms. The number of carbonyl (C=O) groups excluding carboxylic acids is 1. The maximum absolute atomic E-state index is 11.5. The fourth-order valence-electron chi connectivity index (χ4n) is 1.72. The lowest BCUT2D eigenvalue weighted by Crippen LogP contribution is -2.00. The Labute approximate surface area is 105 Å². The topological polar surface area (TPSA) is 59.4 Å². The third-order valence-electron chi connectivity index (χ3n) is 2.70. The van der Waals surface area contributed by atoms with Crippen LogP contribution in [-0.4, -0.2) is 23.2 Å². The maximum atomic E-state index is 11.5. The quantitative estimate of drug-likeness (QED) is 0.823. The first-order valence-electron chi connectivity index (χ1n) is 5.47. The van der Waals surface area contributed by atoms with Gasteiger partial charge in [0.05, 0.1) is 18.4 Å². The van der Waals surface area contributed by atoms with E-state index in [-0.39, 0.29) is 5.75 Å². The summed E-state index contributed by atoms with van der Waals surface area (Å²) in [4.78, 5) is 15.4. The number of aromatic nitrogens is 1. The molecule has 92 valence electrons. The van der Waals surface area contributed by atoms with Gasteiger partial charge >= 0.3 is 5.97 Å². The molecule has 0 fully saturated rings. The highest BCUT2D eigenvalue weighted by molar-refractivity contribution is 5.91. The van der Waals surface area contributed by atoms with Crippen molar-refractivity contribution in [2.24, 2.45) is 0 Å². The van der Waals surface area contributed by atoms with E-state index < -0.39 is 5.97 Å². The van der Waals surface area contributed by atoms with E-state index in [1.54, 1.807) is 37.4 Å². The second-order valence-corrected chi connectivity index (χ2v) is 3.86. The average Bonchev–Trinajstić information content (AvgIpc) is 2.41. The van der Waals surface area contributed by atoms with E-state index in [0.29, 0.717) is 16.8 Å². The van der Waals surface area contributed by atoms with Gasteiger partial charge in [0, 0.05) is 11.8 Å². The molecular weight excluding hydrogens is 230 g/mol. The molecule has 0 aliphatic carbocycles. The summed E-state index contributed by atoms with van der Waals surface area (Å²) >= 11 is 0. The van der Waals surface area contributed by atoms with Crippen molar-refractivity contribution in [2.45, 2.75) is 6.92 Å². The minimum atomic E-state index is -0.401. The molecule has 1 aromatic carbocycles. The molecule has 1 heterocycles. The molecule has 1 aromatic heterocycles. The molecule has 0 saturated heterocycles. The van der Waals surface area contributed by atoms with E-state index in [1.165, 1.54) is 7.11 Å². The minimum absolute atomic E-state index is 0.125. The third-order valence-corrected chi connectivity index (χ3v) is 2.70. The number of pyridine rings is 1. The van der Waals surface area contributed by atoms with E-state index in [9.17, 15) is 9.90 Å². The van der Waals surface area contributed by atoms with Crippen LogP contribution in [0.4, 0.5) is 0 Å². The van der Waals surface area contributed by atoms with Crippen LogP contribution in [0.3, 0.4) is 0 Å². The number of aryl methyl sites for hydroxylation is 1. The van der Waals surface area contributed by atoms with Gasteiger partial charge in [-0.2, -0.15) is 0 Å². The summed E-state index contributed by atoms with van der Waals surface area (Å²) in [5.74, 6) is -0.276. The Morgan fingerprint density at radius 2 is 2.11 bits per heavy atom. The zero-order valence-electron chi connectivity index (χ0n) is 10.2. The van der Waals surface area contributed by atoms with E-state index >= 15 is 0 Å². The van der Waals surface area contributed by atoms with Gasteiger partial charge in [0.1, 0.15) is 5.75 Å². The molecule has 2 aromatic rings. The van der Waals surface area contributed by atoms with Gasteiger partial charge in [-0.25, -0.2) is 4.79 Å². The first-order chi connectivity index (χ1) is 8.63. The molecule has 0 radical (unpaired) electrons. The van der Waals surface area contributed by atoms with E-state index in [4.69, 9.17) is 0 Å². The molecule has 1 N–H and O–H groups in total. The Hall–Kier alpha value is -2.36. The Bertz CT molecular complexity index is 593. The van der Waals surface area contributed by atoms with Crippen molar-refractivity contribution in [1.82, 2.24) is 4.98 Å². The van der Waals surface area contributed by atoms with Crippen LogP contribution in [0.5, 0.6) is 5.75 Å². The Morgan fingerprint density at radius 1 is 1.33 bits per heavy atom. The lowest BCUT2D eigenvalue weighted by molar-refractivity contribution is 0.0601. The molecule has 0 amide bonds. The van der Waals surface area contributed by atoms with Crippen LogP contribution in [0.1, 0.15) is 16.1 Å². The molecule has 0 spiro atoms. The van der Waals surface area contributed by atoms with Gasteiger partial charge in [-0.3, -0.25) is 4.98 Å². The van der Waals surface area contributed by atoms with Gasteiger partial charge in [-0.05, 0) is 30.7 Å². The number of hydrogen-bond donors (Lipinski definition) is 1. The van der Waals surface area contributed by atoms with Crippen LogP contribution in [0, 0.1) is 6.92 Å². The molecule has 2 rings (SSSR count). The number of hydrogen-bond acceptors (Lipinski definition) is 4. The Kier molecular flexibility index (Phi) is 3.28. The predicted molar refractivity (Wildman–Crippen MR) is 67.4 cm³/mol. The highest BCUT2D eigenvalue weighted by Crippen LogP contribution is 2.30. The van der Waals surface area contributed by atoms with Crippen LogP contribution in [0.2, 0.25) is 0 Å². The van der Waals surface area contributed by atoms with Crippen LogP contribution >= 0.6 is 0 Å². The maximum Gasteiger partial charge on any atom is 0.337 e. The summed E-state index contributed by atoms with van der Waals surface area (Å²) in [7, 11) is 1.34. The molecule has 0 saturated carbocycles. The highest BCUT2D eigenvalue weighted by atomic mass is 16.5. The lowest BCUT2D eigenvalue weighted by atomic mass is 10.0. The first-order valence-corrected chi connectivity index (χ1v) is 5.47. The van der Waals surface area contributed by atoms with Crippen LogP contribution in [0.15, 0.2) is 36.5 Å². The normalized spacial score (nSPS) is 10.1. The number of carbonyl (C=O) groups is 1. The van der Waals surface area contributed by atoms with Gasteiger partial charge < -0.3 is 9.84 Å². The van der Waals surface area contributed by atoms with Gasteiger partial charge in [-0.1, -0.05) is 12.1 Å². The minimum Gasteiger partial charge on any atom is -0.505 e. The fourth-order valence-corrected chi connectivity index (χ4v) is 1.72. The molecule has 4 heteroatoms. The van der Waals surface area contributed by atoms with Crippen LogP contribution < -0.4 is 0 Å². The zero-order chi connectivity index (χ0) is 13.1. The Balaban J connectivity index is 2.51. The van der Waals surface area contributed by atoms with Crippen molar-refractivity contribution in [1.29, 1.82) is 0 Å². The van der Waals surface area contributed by atoms with Gasteiger partial charge in [0.15, 0.2) is 0 Å². The van der Waals surface area contributed by atoms with Crippen molar-refractivity contribution in [3.8, 4) is 16.9 Å². The smallest absolute Gasteiger partial charge is 0.337 e. The fraction of sp³-hybridized carbons (Fsp3) is 0.143. The number of ether oxygens (including phenoxy) is 1. The summed E-state index contributed by atoms with van der Waals surface area (Å²) < 4.78 is 4.67. The SMILES string of the molecule is COC(=O)c1cccc(-c2ccnc(C)c2O)c1. The number of benzene rings is 1. The average molecular weight is 243 g/mol. The van der Waals surface area contributed by atoms with Crippen molar-refractivity contribution in [2.75, 3.05) is 7.11 Å². The second kappa shape index (κ2) is 4.87. The van der Waals surface area contributed by atoms with Crippen molar-refractivity contribution < 1.29 is 14.6 Å². The molecule has 0 aliphatic heterocycles. The number of rotatable bonds is 2. The first kappa shape index (κ1) is 12.1. The zero-order valence-corrected chi connectivity index (χ0v) is 10.2. The van der Waals surface area contributed by atoms with Crippen LogP contribution in [0.25, 0.3) is 11.1 Å². The summed E-state index contributed by atoms with van der Waals surface area (Å²) in [6.07, 6.45) is 1.62. The summed E-state index contributed by atoms with van der Waals surface area (Å²) in [5.41, 5.74) is 2.40. The highest BCUT2D eigenvalue weighted by Gasteiger charge is 2.10. The van der Waals surface area contributed by atoms with Crippen LogP contribution in [-0.2, 0) is 4.74 Å². The second-order valence-electron chi connectivity index (χ2n) is 3.86. The third kappa shape index (κ3) is 2.18. The van der Waals surface area contributed by atoms with Gasteiger partial charge in [0.25, 0.3) is 0 Å². The molecule has 0 atom stereocenters. The molecule has 0 bridgehead atoms. The van der Waals surface area contributed by atoms with E-state index in [1.807, 2.05) is 6.07 Å². The van der Waals surface area contributed by atoms with Gasteiger partial charge in [-0.15, -0.1) is 0 Å². The monoisotopic (exact) mass is 243 g/mol. The summed E-state index contributed by atoms with van der Waals surface area (Å²) in [6, 6.07) is 8.62. The molecule has 4 nitrogen and oxygen atoms in total. The summed E-state index contributed by atoms with van der Waals surface area (Å²) in [5, 5.41) is 9.96. The number of aromatic hydroxyl groups is 1. The number of nitrogens with zero attached hydrogens (tertiary/aromatic N) is 1. The standard InChI is InChI=1S/C14H13NO3/c1-9-13(16)12(6-7-15-9)10-4-3-5-11(8-10)14(17)18-2/h3-8,16H,1-2H3. The Morgan fingerprint density at radius 3 is 2.83 bits per heavy atom. The number of esters is 1. The van der Waals surface area contributed by atoms with Crippen molar-refractivity contribution in [3.05, 3.63) is 47.8 Å². The molecule has 0 unspecified atom stereocenters. The largest absolute Gasteiger partial charge is 0.505 e.